The highest BCUT2D eigenvalue weighted by Gasteiger charge is 2.32. The van der Waals surface area contributed by atoms with E-state index in [1.54, 1.807) is 18.2 Å². The normalized spacial score (nSPS) is 23.4. The van der Waals surface area contributed by atoms with Crippen molar-refractivity contribution < 1.29 is 4.79 Å². The van der Waals surface area contributed by atoms with Crippen LogP contribution in [0.2, 0.25) is 5.02 Å². The fourth-order valence-corrected chi connectivity index (χ4v) is 2.73. The molecule has 2 unspecified atom stereocenters. The highest BCUT2D eigenvalue weighted by Crippen LogP contribution is 2.27. The van der Waals surface area contributed by atoms with Crippen LogP contribution in [0.25, 0.3) is 0 Å². The number of likely N-dealkylation sites (tertiary alicyclic amines) is 1. The number of hydrogen-bond acceptors (Lipinski definition) is 3. The molecule has 4 N–H and O–H groups in total. The van der Waals surface area contributed by atoms with Gasteiger partial charge in [-0.1, -0.05) is 11.6 Å². The molecule has 2 rings (SSSR count). The van der Waals surface area contributed by atoms with Gasteiger partial charge >= 0.3 is 0 Å². The number of nitrogens with two attached hydrogens (primary N) is 2. The summed E-state index contributed by atoms with van der Waals surface area (Å²) in [5.41, 5.74) is 12.4. The second-order valence-corrected chi connectivity index (χ2v) is 5.29. The summed E-state index contributed by atoms with van der Waals surface area (Å²) in [6.45, 7) is 3.36. The third kappa shape index (κ3) is 2.44. The van der Waals surface area contributed by atoms with E-state index in [4.69, 9.17) is 23.1 Å². The lowest BCUT2D eigenvalue weighted by molar-refractivity contribution is 0.0743. The molecular formula is C13H18ClN3O. The Kier molecular flexibility index (Phi) is 3.78. The van der Waals surface area contributed by atoms with Crippen LogP contribution in [0.3, 0.4) is 0 Å². The molecule has 5 heteroatoms. The summed E-state index contributed by atoms with van der Waals surface area (Å²) < 4.78 is 0. The Morgan fingerprint density at radius 1 is 1.56 bits per heavy atom. The minimum absolute atomic E-state index is 0.0385. The molecule has 0 spiro atoms. The number of nitrogens with zero attached hydrogens (tertiary/aromatic N) is 1. The van der Waals surface area contributed by atoms with Crippen LogP contribution >= 0.6 is 11.6 Å². The molecule has 18 heavy (non-hydrogen) atoms. The third-order valence-corrected chi connectivity index (χ3v) is 3.79. The van der Waals surface area contributed by atoms with E-state index in [2.05, 4.69) is 0 Å². The molecule has 1 aromatic rings. The molecule has 0 radical (unpaired) electrons. The maximum Gasteiger partial charge on any atom is 0.255 e. The standard InChI is InChI=1S/C13H18ClN3O/c1-8-4-9(6-15)7-17(8)13(18)11-3-2-10(16)5-12(11)14/h2-3,5,8-9H,4,6-7,15-16H2,1H3. The zero-order valence-corrected chi connectivity index (χ0v) is 11.2. The molecule has 0 aliphatic carbocycles. The molecule has 1 aliphatic rings. The van der Waals surface area contributed by atoms with Crippen LogP contribution in [0, 0.1) is 5.92 Å². The zero-order valence-electron chi connectivity index (χ0n) is 10.4. The second-order valence-electron chi connectivity index (χ2n) is 4.88. The van der Waals surface area contributed by atoms with Crippen molar-refractivity contribution >= 4 is 23.2 Å². The van der Waals surface area contributed by atoms with Crippen LogP contribution < -0.4 is 11.5 Å². The number of carbonyl (C=O) groups is 1. The number of carbonyl (C=O) groups excluding carboxylic acids is 1. The molecule has 1 aliphatic heterocycles. The van der Waals surface area contributed by atoms with Crippen molar-refractivity contribution in [2.75, 3.05) is 18.8 Å². The maximum absolute atomic E-state index is 12.4. The fourth-order valence-electron chi connectivity index (χ4n) is 2.46. The fraction of sp³-hybridized carbons (Fsp3) is 0.462. The van der Waals surface area contributed by atoms with Gasteiger partial charge in [-0.3, -0.25) is 4.79 Å². The molecule has 1 amide bonds. The Balaban J connectivity index is 2.21. The number of nitrogen functional groups attached to an aromatic ring is 1. The Bertz CT molecular complexity index is 464. The van der Waals surface area contributed by atoms with E-state index in [0.29, 0.717) is 35.3 Å². The summed E-state index contributed by atoms with van der Waals surface area (Å²) in [5.74, 6) is 0.347. The Hall–Kier alpha value is -1.26. The third-order valence-electron chi connectivity index (χ3n) is 3.48. The average Bonchev–Trinajstić information content (AvgIpc) is 2.70. The number of amides is 1. The van der Waals surface area contributed by atoms with Crippen molar-refractivity contribution in [3.8, 4) is 0 Å². The first-order chi connectivity index (χ1) is 8.52. The molecule has 98 valence electrons. The van der Waals surface area contributed by atoms with E-state index in [1.807, 2.05) is 11.8 Å². The minimum atomic E-state index is -0.0385. The molecule has 4 nitrogen and oxygen atoms in total. The smallest absolute Gasteiger partial charge is 0.255 e. The summed E-state index contributed by atoms with van der Waals surface area (Å²) in [6.07, 6.45) is 0.953. The highest BCUT2D eigenvalue weighted by molar-refractivity contribution is 6.34. The van der Waals surface area contributed by atoms with Gasteiger partial charge in [0.05, 0.1) is 10.6 Å². The summed E-state index contributed by atoms with van der Waals surface area (Å²) in [4.78, 5) is 14.3. The first-order valence-corrected chi connectivity index (χ1v) is 6.46. The topological polar surface area (TPSA) is 72.3 Å². The first-order valence-electron chi connectivity index (χ1n) is 6.09. The van der Waals surface area contributed by atoms with Crippen LogP contribution in [0.5, 0.6) is 0 Å². The van der Waals surface area contributed by atoms with Gasteiger partial charge in [-0.25, -0.2) is 0 Å². The van der Waals surface area contributed by atoms with Gasteiger partial charge < -0.3 is 16.4 Å². The van der Waals surface area contributed by atoms with Gasteiger partial charge in [0.2, 0.25) is 0 Å². The second kappa shape index (κ2) is 5.16. The largest absolute Gasteiger partial charge is 0.399 e. The van der Waals surface area contributed by atoms with Gasteiger partial charge in [0.25, 0.3) is 5.91 Å². The quantitative estimate of drug-likeness (QED) is 0.802. The molecule has 2 atom stereocenters. The van der Waals surface area contributed by atoms with Gasteiger partial charge in [-0.05, 0) is 44.0 Å². The summed E-state index contributed by atoms with van der Waals surface area (Å²) in [7, 11) is 0. The molecule has 1 heterocycles. The lowest BCUT2D eigenvalue weighted by Crippen LogP contribution is -2.34. The minimum Gasteiger partial charge on any atom is -0.399 e. The summed E-state index contributed by atoms with van der Waals surface area (Å²) in [5, 5.41) is 0.406. The van der Waals surface area contributed by atoms with Crippen molar-refractivity contribution in [2.24, 2.45) is 11.7 Å². The van der Waals surface area contributed by atoms with E-state index < -0.39 is 0 Å². The van der Waals surface area contributed by atoms with Gasteiger partial charge in [-0.15, -0.1) is 0 Å². The number of benzene rings is 1. The molecule has 0 bridgehead atoms. The Morgan fingerprint density at radius 3 is 2.83 bits per heavy atom. The maximum atomic E-state index is 12.4. The lowest BCUT2D eigenvalue weighted by atomic mass is 10.1. The van der Waals surface area contributed by atoms with E-state index in [0.717, 1.165) is 6.42 Å². The monoisotopic (exact) mass is 267 g/mol. The van der Waals surface area contributed by atoms with Gasteiger partial charge in [0.1, 0.15) is 0 Å². The van der Waals surface area contributed by atoms with Crippen molar-refractivity contribution in [3.63, 3.8) is 0 Å². The SMILES string of the molecule is CC1CC(CN)CN1C(=O)c1ccc(N)cc1Cl. The lowest BCUT2D eigenvalue weighted by Gasteiger charge is -2.22. The van der Waals surface area contributed by atoms with E-state index in [-0.39, 0.29) is 11.9 Å². The molecule has 1 fully saturated rings. The highest BCUT2D eigenvalue weighted by atomic mass is 35.5. The predicted molar refractivity (Wildman–Crippen MR) is 73.5 cm³/mol. The van der Waals surface area contributed by atoms with Crippen LogP contribution in [-0.4, -0.2) is 29.9 Å². The first kappa shape index (κ1) is 13.2. The van der Waals surface area contributed by atoms with Crippen molar-refractivity contribution in [3.05, 3.63) is 28.8 Å². The van der Waals surface area contributed by atoms with Crippen molar-refractivity contribution in [1.82, 2.24) is 4.90 Å². The van der Waals surface area contributed by atoms with Gasteiger partial charge in [0, 0.05) is 18.3 Å². The number of anilines is 1. The molecule has 1 saturated heterocycles. The van der Waals surface area contributed by atoms with E-state index in [9.17, 15) is 4.79 Å². The van der Waals surface area contributed by atoms with Crippen molar-refractivity contribution in [2.45, 2.75) is 19.4 Å². The summed E-state index contributed by atoms with van der Waals surface area (Å²) >= 11 is 6.07. The van der Waals surface area contributed by atoms with Crippen LogP contribution in [0.4, 0.5) is 5.69 Å². The van der Waals surface area contributed by atoms with Crippen LogP contribution in [0.15, 0.2) is 18.2 Å². The number of halogens is 1. The van der Waals surface area contributed by atoms with Gasteiger partial charge in [0.15, 0.2) is 0 Å². The Morgan fingerprint density at radius 2 is 2.28 bits per heavy atom. The summed E-state index contributed by atoms with van der Waals surface area (Å²) in [6, 6.07) is 5.19. The molecule has 1 aromatic carbocycles. The van der Waals surface area contributed by atoms with Crippen LogP contribution in [0.1, 0.15) is 23.7 Å². The number of rotatable bonds is 2. The van der Waals surface area contributed by atoms with Crippen molar-refractivity contribution in [1.29, 1.82) is 0 Å². The Labute approximate surface area is 112 Å². The molecular weight excluding hydrogens is 250 g/mol. The average molecular weight is 268 g/mol. The van der Waals surface area contributed by atoms with E-state index >= 15 is 0 Å². The molecule has 0 aromatic heterocycles. The zero-order chi connectivity index (χ0) is 13.3. The van der Waals surface area contributed by atoms with E-state index in [1.165, 1.54) is 0 Å². The van der Waals surface area contributed by atoms with Gasteiger partial charge in [-0.2, -0.15) is 0 Å². The molecule has 0 saturated carbocycles. The number of hydrogen-bond donors (Lipinski definition) is 2. The van der Waals surface area contributed by atoms with Crippen LogP contribution in [-0.2, 0) is 0 Å². The predicted octanol–water partition coefficient (Wildman–Crippen LogP) is 1.73.